The van der Waals surface area contributed by atoms with Crippen LogP contribution >= 0.6 is 15.2 Å². The highest BCUT2D eigenvalue weighted by molar-refractivity contribution is 7.71. The highest BCUT2D eigenvalue weighted by Gasteiger charge is 2.41. The van der Waals surface area contributed by atoms with Gasteiger partial charge in [-0.05, 0) is 54.9 Å². The van der Waals surface area contributed by atoms with Gasteiger partial charge in [0.1, 0.15) is 0 Å². The zero-order chi connectivity index (χ0) is 17.6. The minimum atomic E-state index is -3.60. The Hall–Kier alpha value is 0.300. The van der Waals surface area contributed by atoms with E-state index in [0.29, 0.717) is 6.42 Å². The van der Waals surface area contributed by atoms with Gasteiger partial charge in [0, 0.05) is 0 Å². The van der Waals surface area contributed by atoms with E-state index < -0.39 is 15.2 Å². The zero-order valence-electron chi connectivity index (χ0n) is 15.1. The molecule has 0 amide bonds. The fraction of sp³-hybridized carbons (Fsp3) is 1.00. The molecule has 0 radical (unpaired) electrons. The van der Waals surface area contributed by atoms with E-state index in [9.17, 15) is 9.13 Å². The Bertz CT molecular complexity index is 394. The van der Waals surface area contributed by atoms with Crippen molar-refractivity contribution in [1.29, 1.82) is 0 Å². The molecule has 8 heteroatoms. The molecule has 0 aromatic heterocycles. The third kappa shape index (κ3) is 9.44. The molecule has 0 N–H and O–H groups in total. The molecule has 2 atom stereocenters. The summed E-state index contributed by atoms with van der Waals surface area (Å²) in [6, 6.07) is 0. The summed E-state index contributed by atoms with van der Waals surface area (Å²) >= 11 is 0. The largest absolute Gasteiger partial charge is 0.343 e. The highest BCUT2D eigenvalue weighted by Crippen LogP contribution is 2.65. The van der Waals surface area contributed by atoms with Gasteiger partial charge < -0.3 is 18.1 Å². The second-order valence-corrected chi connectivity index (χ2v) is 10.6. The quantitative estimate of drug-likeness (QED) is 0.459. The second-order valence-electron chi connectivity index (χ2n) is 6.15. The molecule has 0 fully saturated rings. The fourth-order valence-corrected chi connectivity index (χ4v) is 7.20. The first kappa shape index (κ1) is 22.3. The van der Waals surface area contributed by atoms with Gasteiger partial charge in [0.15, 0.2) is 5.90 Å². The SMILES string of the molecule is CCC(C)OP(=O)(CP(=O)(OC(C)C)OC(C)C)OC(C)C. The van der Waals surface area contributed by atoms with Crippen LogP contribution in [-0.2, 0) is 27.2 Å². The van der Waals surface area contributed by atoms with Crippen molar-refractivity contribution in [1.82, 2.24) is 0 Å². The van der Waals surface area contributed by atoms with Crippen LogP contribution in [0.25, 0.3) is 0 Å². The van der Waals surface area contributed by atoms with Crippen molar-refractivity contribution in [3.05, 3.63) is 0 Å². The molecule has 22 heavy (non-hydrogen) atoms. The highest BCUT2D eigenvalue weighted by atomic mass is 31.2. The number of hydrogen-bond donors (Lipinski definition) is 0. The maximum absolute atomic E-state index is 13.0. The molecule has 0 saturated carbocycles. The lowest BCUT2D eigenvalue weighted by molar-refractivity contribution is 0.125. The van der Waals surface area contributed by atoms with Gasteiger partial charge in [-0.1, -0.05) is 6.92 Å². The van der Waals surface area contributed by atoms with Crippen LogP contribution in [0, 0.1) is 0 Å². The van der Waals surface area contributed by atoms with Crippen molar-refractivity contribution >= 4 is 15.2 Å². The minimum Gasteiger partial charge on any atom is -0.305 e. The third-order valence-corrected chi connectivity index (χ3v) is 8.06. The molecule has 0 aliphatic carbocycles. The minimum absolute atomic E-state index is 0.267. The molecular formula is C14H32O6P2. The summed E-state index contributed by atoms with van der Waals surface area (Å²) in [5.74, 6) is -0.376. The Labute approximate surface area is 135 Å². The lowest BCUT2D eigenvalue weighted by atomic mass is 10.3. The second kappa shape index (κ2) is 9.56. The van der Waals surface area contributed by atoms with Crippen LogP contribution < -0.4 is 0 Å². The maximum atomic E-state index is 13.0. The van der Waals surface area contributed by atoms with Gasteiger partial charge in [0.2, 0.25) is 0 Å². The Kier molecular flexibility index (Phi) is 9.69. The molecule has 134 valence electrons. The van der Waals surface area contributed by atoms with Gasteiger partial charge in [0.25, 0.3) is 0 Å². The summed E-state index contributed by atoms with van der Waals surface area (Å²) in [7, 11) is -7.18. The summed E-state index contributed by atoms with van der Waals surface area (Å²) in [4.78, 5) is 0. The van der Waals surface area contributed by atoms with E-state index in [-0.39, 0.29) is 30.3 Å². The summed E-state index contributed by atoms with van der Waals surface area (Å²) < 4.78 is 47.8. The standard InChI is InChI=1S/C14H32O6P2/c1-9-14(8)20-22(16,19-13(6)7)10-21(15,17-11(2)3)18-12(4)5/h11-14H,9-10H2,1-8H3. The van der Waals surface area contributed by atoms with Gasteiger partial charge in [0.05, 0.1) is 24.4 Å². The van der Waals surface area contributed by atoms with E-state index in [1.165, 1.54) is 0 Å². The smallest absolute Gasteiger partial charge is 0.305 e. The van der Waals surface area contributed by atoms with E-state index in [0.717, 1.165) is 0 Å². The van der Waals surface area contributed by atoms with Gasteiger partial charge in [-0.25, -0.2) is 0 Å². The van der Waals surface area contributed by atoms with Crippen molar-refractivity contribution in [2.45, 2.75) is 86.2 Å². The predicted octanol–water partition coefficient (Wildman–Crippen LogP) is 5.42. The molecule has 0 aromatic rings. The average molecular weight is 358 g/mol. The molecule has 0 saturated heterocycles. The Balaban J connectivity index is 5.34. The molecule has 0 aromatic carbocycles. The van der Waals surface area contributed by atoms with Crippen molar-refractivity contribution in [2.24, 2.45) is 0 Å². The van der Waals surface area contributed by atoms with Crippen LogP contribution in [0.5, 0.6) is 0 Å². The molecular weight excluding hydrogens is 326 g/mol. The Morgan fingerprint density at radius 3 is 1.27 bits per heavy atom. The lowest BCUT2D eigenvalue weighted by Gasteiger charge is -2.28. The van der Waals surface area contributed by atoms with E-state index in [2.05, 4.69) is 0 Å². The normalized spacial score (nSPS) is 17.2. The van der Waals surface area contributed by atoms with Crippen LogP contribution in [0.2, 0.25) is 0 Å². The Morgan fingerprint density at radius 2 is 1.00 bits per heavy atom. The van der Waals surface area contributed by atoms with Crippen LogP contribution in [-0.4, -0.2) is 30.3 Å². The van der Waals surface area contributed by atoms with E-state index in [1.54, 1.807) is 48.5 Å². The van der Waals surface area contributed by atoms with Crippen LogP contribution in [0.1, 0.15) is 61.8 Å². The van der Waals surface area contributed by atoms with Crippen molar-refractivity contribution in [3.63, 3.8) is 0 Å². The summed E-state index contributed by atoms with van der Waals surface area (Å²) in [5, 5.41) is 0. The van der Waals surface area contributed by atoms with Crippen LogP contribution in [0.3, 0.4) is 0 Å². The van der Waals surface area contributed by atoms with Gasteiger partial charge in [-0.3, -0.25) is 9.13 Å². The summed E-state index contributed by atoms with van der Waals surface area (Å²) in [5.41, 5.74) is 0. The first-order valence-corrected chi connectivity index (χ1v) is 11.3. The molecule has 0 spiro atoms. The molecule has 0 aliphatic heterocycles. The third-order valence-electron chi connectivity index (χ3n) is 2.38. The molecule has 0 heterocycles. The number of rotatable bonds is 11. The van der Waals surface area contributed by atoms with Crippen molar-refractivity contribution in [3.8, 4) is 0 Å². The molecule has 0 aliphatic rings. The summed E-state index contributed by atoms with van der Waals surface area (Å²) in [6.45, 7) is 14.2. The van der Waals surface area contributed by atoms with Gasteiger partial charge >= 0.3 is 15.2 Å². The van der Waals surface area contributed by atoms with E-state index in [1.807, 2.05) is 6.92 Å². The topological polar surface area (TPSA) is 71.1 Å². The first-order chi connectivity index (χ1) is 9.91. The predicted molar refractivity (Wildman–Crippen MR) is 89.6 cm³/mol. The fourth-order valence-electron chi connectivity index (χ4n) is 1.71. The number of hydrogen-bond acceptors (Lipinski definition) is 6. The van der Waals surface area contributed by atoms with Crippen LogP contribution in [0.15, 0.2) is 0 Å². The van der Waals surface area contributed by atoms with Gasteiger partial charge in [-0.2, -0.15) is 0 Å². The lowest BCUT2D eigenvalue weighted by Crippen LogP contribution is -2.16. The van der Waals surface area contributed by atoms with E-state index >= 15 is 0 Å². The molecule has 0 bridgehead atoms. The average Bonchev–Trinajstić information content (AvgIpc) is 2.22. The molecule has 0 rings (SSSR count). The molecule has 6 nitrogen and oxygen atoms in total. The Morgan fingerprint density at radius 1 is 0.682 bits per heavy atom. The van der Waals surface area contributed by atoms with Gasteiger partial charge in [-0.15, -0.1) is 0 Å². The first-order valence-electron chi connectivity index (χ1n) is 7.83. The zero-order valence-corrected chi connectivity index (χ0v) is 16.9. The van der Waals surface area contributed by atoms with Crippen LogP contribution in [0.4, 0.5) is 0 Å². The summed E-state index contributed by atoms with van der Waals surface area (Å²) in [6.07, 6.45) is -0.551. The molecule has 2 unspecified atom stereocenters. The van der Waals surface area contributed by atoms with E-state index in [4.69, 9.17) is 18.1 Å². The maximum Gasteiger partial charge on any atom is 0.343 e. The van der Waals surface area contributed by atoms with Crippen molar-refractivity contribution < 1.29 is 27.2 Å². The monoisotopic (exact) mass is 358 g/mol. The van der Waals surface area contributed by atoms with Crippen molar-refractivity contribution in [2.75, 3.05) is 5.90 Å².